The lowest BCUT2D eigenvalue weighted by Gasteiger charge is -2.28. The minimum atomic E-state index is -0.386. The van der Waals surface area contributed by atoms with Crippen molar-refractivity contribution in [2.24, 2.45) is 11.7 Å². The van der Waals surface area contributed by atoms with Gasteiger partial charge in [-0.1, -0.05) is 31.4 Å². The summed E-state index contributed by atoms with van der Waals surface area (Å²) in [5.74, 6) is -0.0289. The maximum atomic E-state index is 13.1. The Hall–Kier alpha value is -2.71. The molecule has 0 radical (unpaired) electrons. The highest BCUT2D eigenvalue weighted by molar-refractivity contribution is 5.95. The maximum Gasteiger partial charge on any atom is 0.253 e. The van der Waals surface area contributed by atoms with Crippen LogP contribution in [0, 0.1) is 5.92 Å². The van der Waals surface area contributed by atoms with Crippen molar-refractivity contribution in [3.8, 4) is 0 Å². The van der Waals surface area contributed by atoms with Gasteiger partial charge in [-0.05, 0) is 68.7 Å². The molecule has 0 aliphatic heterocycles. The van der Waals surface area contributed by atoms with Crippen molar-refractivity contribution in [1.82, 2.24) is 10.4 Å². The largest absolute Gasteiger partial charge is 0.337 e. The number of hydroxylamine groups is 1. The van der Waals surface area contributed by atoms with E-state index >= 15 is 0 Å². The van der Waals surface area contributed by atoms with Crippen molar-refractivity contribution in [3.63, 3.8) is 0 Å². The molecule has 1 aromatic rings. The number of benzene rings is 1. The van der Waals surface area contributed by atoms with Crippen LogP contribution in [0.3, 0.4) is 0 Å². The zero-order valence-electron chi connectivity index (χ0n) is 20.1. The van der Waals surface area contributed by atoms with E-state index in [1.165, 1.54) is 12.8 Å². The highest BCUT2D eigenvalue weighted by Crippen LogP contribution is 2.21. The molecular weight excluding hydrogens is 432 g/mol. The van der Waals surface area contributed by atoms with Gasteiger partial charge in [-0.2, -0.15) is 0 Å². The van der Waals surface area contributed by atoms with E-state index in [4.69, 9.17) is 10.9 Å². The Bertz CT molecular complexity index is 794. The number of nitrogens with zero attached hydrogens (tertiary/aromatic N) is 1. The second kappa shape index (κ2) is 16.0. The van der Waals surface area contributed by atoms with Crippen LogP contribution in [0.1, 0.15) is 81.0 Å². The highest BCUT2D eigenvalue weighted by atomic mass is 16.5. The maximum absolute atomic E-state index is 13.1. The summed E-state index contributed by atoms with van der Waals surface area (Å²) < 4.78 is 0. The molecule has 0 fully saturated rings. The second-order valence-electron chi connectivity index (χ2n) is 8.97. The smallest absolute Gasteiger partial charge is 0.253 e. The summed E-state index contributed by atoms with van der Waals surface area (Å²) in [6.45, 7) is 1.67. The molecule has 188 valence electrons. The Labute approximate surface area is 202 Å². The van der Waals surface area contributed by atoms with Crippen LogP contribution in [0.15, 0.2) is 36.4 Å². The number of carbonyl (C=O) groups is 3. The van der Waals surface area contributed by atoms with Gasteiger partial charge in [0.05, 0.1) is 0 Å². The van der Waals surface area contributed by atoms with Crippen LogP contribution in [0.25, 0.3) is 0 Å². The lowest BCUT2D eigenvalue weighted by atomic mass is 9.94. The zero-order chi connectivity index (χ0) is 24.6. The average molecular weight is 473 g/mol. The summed E-state index contributed by atoms with van der Waals surface area (Å²) in [4.78, 5) is 38.1. The number of nitrogens with two attached hydrogens (primary N) is 1. The Balaban J connectivity index is 1.80. The third kappa shape index (κ3) is 10.5. The predicted octanol–water partition coefficient (Wildman–Crippen LogP) is 4.01. The van der Waals surface area contributed by atoms with E-state index in [1.807, 2.05) is 4.90 Å². The van der Waals surface area contributed by atoms with E-state index in [1.54, 1.807) is 29.7 Å². The normalized spacial score (nSPS) is 16.7. The Morgan fingerprint density at radius 2 is 1.68 bits per heavy atom. The van der Waals surface area contributed by atoms with Crippen LogP contribution in [-0.4, -0.2) is 47.5 Å². The summed E-state index contributed by atoms with van der Waals surface area (Å²) in [6, 6.07) is 7.03. The van der Waals surface area contributed by atoms with E-state index in [-0.39, 0.29) is 24.1 Å². The number of nitrogens with one attached hydrogen (secondary N) is 2. The monoisotopic (exact) mass is 472 g/mol. The molecule has 3 amide bonds. The molecule has 1 aliphatic carbocycles. The molecule has 8 nitrogen and oxygen atoms in total. The molecular formula is C26H40N4O4. The van der Waals surface area contributed by atoms with Crippen molar-refractivity contribution < 1.29 is 19.6 Å². The molecule has 0 unspecified atom stereocenters. The lowest BCUT2D eigenvalue weighted by molar-refractivity contribution is -0.129. The van der Waals surface area contributed by atoms with Crippen molar-refractivity contribution >= 4 is 23.4 Å². The van der Waals surface area contributed by atoms with Crippen LogP contribution >= 0.6 is 0 Å². The van der Waals surface area contributed by atoms with Crippen LogP contribution < -0.4 is 16.5 Å². The van der Waals surface area contributed by atoms with Gasteiger partial charge >= 0.3 is 0 Å². The highest BCUT2D eigenvalue weighted by Gasteiger charge is 2.20. The number of hydrogen-bond donors (Lipinski definition) is 4. The van der Waals surface area contributed by atoms with Gasteiger partial charge in [-0.25, -0.2) is 5.48 Å². The quantitative estimate of drug-likeness (QED) is 0.149. The van der Waals surface area contributed by atoms with E-state index in [2.05, 4.69) is 17.5 Å². The Kier molecular flexibility index (Phi) is 13.0. The fourth-order valence-corrected chi connectivity index (χ4v) is 4.21. The van der Waals surface area contributed by atoms with Gasteiger partial charge in [-0.3, -0.25) is 19.6 Å². The number of allylic oxidation sites excluding steroid dienone is 2. The molecule has 8 heteroatoms. The third-order valence-electron chi connectivity index (χ3n) is 6.13. The lowest BCUT2D eigenvalue weighted by Crippen LogP contribution is -2.39. The summed E-state index contributed by atoms with van der Waals surface area (Å²) in [5.41, 5.74) is 8.66. The van der Waals surface area contributed by atoms with Crippen molar-refractivity contribution in [2.75, 3.05) is 25.0 Å². The van der Waals surface area contributed by atoms with Crippen LogP contribution in [-0.2, 0) is 9.59 Å². The van der Waals surface area contributed by atoms with E-state index < -0.39 is 0 Å². The second-order valence-corrected chi connectivity index (χ2v) is 8.97. The van der Waals surface area contributed by atoms with E-state index in [0.29, 0.717) is 49.6 Å². The Morgan fingerprint density at radius 3 is 2.35 bits per heavy atom. The zero-order valence-corrected chi connectivity index (χ0v) is 20.1. The molecule has 1 aromatic carbocycles. The minimum absolute atomic E-state index is 0.0238. The van der Waals surface area contributed by atoms with Gasteiger partial charge in [0.2, 0.25) is 11.8 Å². The number of rotatable bonds is 13. The van der Waals surface area contributed by atoms with Gasteiger partial charge in [0.1, 0.15) is 0 Å². The van der Waals surface area contributed by atoms with Gasteiger partial charge in [0.25, 0.3) is 5.91 Å². The molecule has 0 saturated carbocycles. The van der Waals surface area contributed by atoms with Crippen molar-refractivity contribution in [1.29, 1.82) is 0 Å². The average Bonchev–Trinajstić information content (AvgIpc) is 2.82. The predicted molar refractivity (Wildman–Crippen MR) is 133 cm³/mol. The van der Waals surface area contributed by atoms with Crippen molar-refractivity contribution in [3.05, 3.63) is 42.0 Å². The van der Waals surface area contributed by atoms with Gasteiger partial charge in [0.15, 0.2) is 0 Å². The number of carbonyl (C=O) groups excluding carboxylic acids is 3. The molecule has 0 bridgehead atoms. The molecule has 0 aromatic heterocycles. The van der Waals surface area contributed by atoms with Crippen LogP contribution in [0.2, 0.25) is 0 Å². The van der Waals surface area contributed by atoms with Gasteiger partial charge in [0, 0.05) is 43.7 Å². The van der Waals surface area contributed by atoms with Crippen LogP contribution in [0.4, 0.5) is 5.69 Å². The van der Waals surface area contributed by atoms with E-state index in [0.717, 1.165) is 38.5 Å². The summed E-state index contributed by atoms with van der Waals surface area (Å²) in [7, 11) is 0. The fourth-order valence-electron chi connectivity index (χ4n) is 4.21. The minimum Gasteiger partial charge on any atom is -0.337 e. The third-order valence-corrected chi connectivity index (χ3v) is 6.13. The summed E-state index contributed by atoms with van der Waals surface area (Å²) in [5, 5.41) is 11.3. The molecule has 0 spiro atoms. The molecule has 1 aliphatic rings. The topological polar surface area (TPSA) is 125 Å². The number of hydrogen-bond acceptors (Lipinski definition) is 5. The number of amides is 3. The molecule has 0 saturated heterocycles. The first-order chi connectivity index (χ1) is 16.5. The van der Waals surface area contributed by atoms with Crippen LogP contribution in [0.5, 0.6) is 0 Å². The first-order valence-corrected chi connectivity index (χ1v) is 12.5. The number of anilines is 1. The summed E-state index contributed by atoms with van der Waals surface area (Å²) in [6.07, 6.45) is 13.9. The first-order valence-electron chi connectivity index (χ1n) is 12.5. The summed E-state index contributed by atoms with van der Waals surface area (Å²) >= 11 is 0. The van der Waals surface area contributed by atoms with E-state index in [9.17, 15) is 14.4 Å². The van der Waals surface area contributed by atoms with Crippen molar-refractivity contribution in [2.45, 2.75) is 70.6 Å². The molecule has 34 heavy (non-hydrogen) atoms. The van der Waals surface area contributed by atoms with Gasteiger partial charge in [-0.15, -0.1) is 0 Å². The molecule has 5 N–H and O–H groups in total. The van der Waals surface area contributed by atoms with Gasteiger partial charge < -0.3 is 16.0 Å². The number of unbranched alkanes of at least 4 members (excludes halogenated alkanes) is 3. The molecule has 0 heterocycles. The first kappa shape index (κ1) is 27.5. The fraction of sp³-hybridized carbons (Fsp3) is 0.577. The standard InChI is InChI=1S/C26H40N4O4/c27-18-19-30(20-21-10-6-2-1-3-7-11-21)26(33)22-14-16-23(17-15-22)28-24(31)12-8-4-5-9-13-25(32)29-34/h2,6,14-17,21,34H,1,3-5,7-13,18-20,27H2,(H,28,31)(H,29,32)/b6-2-/t21-/m1/s1. The molecule has 2 rings (SSSR count). The Morgan fingerprint density at radius 1 is 0.971 bits per heavy atom. The molecule has 1 atom stereocenters. The SMILES string of the molecule is NCCN(C[C@@H]1C/C=C\CCCC1)C(=O)c1ccc(NC(=O)CCCCCCC(=O)NO)cc1.